The van der Waals surface area contributed by atoms with Gasteiger partial charge in [0.05, 0.1) is 11.8 Å². The molecule has 0 spiro atoms. The highest BCUT2D eigenvalue weighted by atomic mass is 16.6. The summed E-state index contributed by atoms with van der Waals surface area (Å²) in [7, 11) is 0. The molecule has 6 heteroatoms. The highest BCUT2D eigenvalue weighted by Crippen LogP contribution is 2.57. The second-order valence-electron chi connectivity index (χ2n) is 8.82. The van der Waals surface area contributed by atoms with E-state index in [0.717, 1.165) is 29.7 Å². The minimum atomic E-state index is -0.311. The molecule has 30 heavy (non-hydrogen) atoms. The Labute approximate surface area is 175 Å². The van der Waals surface area contributed by atoms with Crippen LogP contribution in [0.5, 0.6) is 0 Å². The Balaban J connectivity index is 1.25. The summed E-state index contributed by atoms with van der Waals surface area (Å²) in [6.45, 7) is 3.98. The Morgan fingerprint density at radius 1 is 0.933 bits per heavy atom. The van der Waals surface area contributed by atoms with Gasteiger partial charge in [-0.05, 0) is 80.1 Å². The Morgan fingerprint density at radius 3 is 2.33 bits per heavy atom. The third-order valence-corrected chi connectivity index (χ3v) is 6.68. The van der Waals surface area contributed by atoms with Gasteiger partial charge in [-0.1, -0.05) is 6.07 Å². The van der Waals surface area contributed by atoms with Gasteiger partial charge in [-0.15, -0.1) is 0 Å². The third kappa shape index (κ3) is 3.16. The van der Waals surface area contributed by atoms with Crippen LogP contribution in [0, 0.1) is 37.5 Å². The van der Waals surface area contributed by atoms with Gasteiger partial charge in [-0.3, -0.25) is 14.4 Å². The lowest BCUT2D eigenvalue weighted by Gasteiger charge is -2.23. The SMILES string of the molecule is Cc1cc(C)cc(NC(=O)c2ccc(NC(=O)[C@@H]3[C@H]4C[C@H]5[C@H]3C(=O)O[C@H]5C4)cc2)c1. The average molecular weight is 404 g/mol. The van der Waals surface area contributed by atoms with Crippen LogP contribution in [0.4, 0.5) is 11.4 Å². The van der Waals surface area contributed by atoms with E-state index >= 15 is 0 Å². The molecule has 5 rings (SSSR count). The minimum Gasteiger partial charge on any atom is -0.462 e. The molecule has 2 saturated carbocycles. The van der Waals surface area contributed by atoms with Gasteiger partial charge < -0.3 is 15.4 Å². The molecular formula is C24H24N2O4. The van der Waals surface area contributed by atoms with Crippen molar-refractivity contribution in [2.24, 2.45) is 23.7 Å². The normalized spacial score (nSPS) is 28.3. The fraction of sp³-hybridized carbons (Fsp3) is 0.375. The van der Waals surface area contributed by atoms with Crippen molar-refractivity contribution >= 4 is 29.2 Å². The maximum atomic E-state index is 12.9. The van der Waals surface area contributed by atoms with Crippen molar-refractivity contribution in [3.63, 3.8) is 0 Å². The van der Waals surface area contributed by atoms with Crippen molar-refractivity contribution in [2.75, 3.05) is 10.6 Å². The quantitative estimate of drug-likeness (QED) is 0.761. The van der Waals surface area contributed by atoms with Gasteiger partial charge in [0.2, 0.25) is 5.91 Å². The van der Waals surface area contributed by atoms with Gasteiger partial charge in [0.1, 0.15) is 6.10 Å². The summed E-state index contributed by atoms with van der Waals surface area (Å²) >= 11 is 0. The summed E-state index contributed by atoms with van der Waals surface area (Å²) in [6.07, 6.45) is 1.71. The van der Waals surface area contributed by atoms with Crippen LogP contribution >= 0.6 is 0 Å². The lowest BCUT2D eigenvalue weighted by molar-refractivity contribution is -0.145. The van der Waals surface area contributed by atoms with E-state index in [1.807, 2.05) is 26.0 Å². The van der Waals surface area contributed by atoms with E-state index in [1.165, 1.54) is 0 Å². The molecule has 5 atom stereocenters. The van der Waals surface area contributed by atoms with Gasteiger partial charge in [-0.25, -0.2) is 0 Å². The van der Waals surface area contributed by atoms with Crippen LogP contribution in [0.3, 0.4) is 0 Å². The topological polar surface area (TPSA) is 84.5 Å². The van der Waals surface area contributed by atoms with E-state index in [1.54, 1.807) is 24.3 Å². The lowest BCUT2D eigenvalue weighted by Crippen LogP contribution is -2.35. The summed E-state index contributed by atoms with van der Waals surface area (Å²) in [6, 6.07) is 12.7. The Hall–Kier alpha value is -3.15. The number of benzene rings is 2. The van der Waals surface area contributed by atoms with Gasteiger partial charge in [0.25, 0.3) is 5.91 Å². The number of carbonyl (C=O) groups excluding carboxylic acids is 3. The first-order valence-corrected chi connectivity index (χ1v) is 10.4. The zero-order chi connectivity index (χ0) is 21.0. The molecular weight excluding hydrogens is 380 g/mol. The fourth-order valence-electron chi connectivity index (χ4n) is 5.54. The van der Waals surface area contributed by atoms with E-state index < -0.39 is 0 Å². The molecule has 6 nitrogen and oxygen atoms in total. The zero-order valence-electron chi connectivity index (χ0n) is 17.0. The molecule has 2 bridgehead atoms. The number of nitrogens with one attached hydrogen (secondary N) is 2. The molecule has 1 aliphatic heterocycles. The molecule has 0 unspecified atom stereocenters. The first-order valence-electron chi connectivity index (χ1n) is 10.4. The average Bonchev–Trinajstić information content (AvgIpc) is 3.30. The minimum absolute atomic E-state index is 0.0199. The van der Waals surface area contributed by atoms with E-state index in [-0.39, 0.29) is 47.6 Å². The Kier molecular flexibility index (Phi) is 4.38. The molecule has 2 aliphatic carbocycles. The number of hydrogen-bond acceptors (Lipinski definition) is 4. The molecule has 3 aliphatic rings. The molecule has 0 radical (unpaired) electrons. The van der Waals surface area contributed by atoms with Crippen LogP contribution < -0.4 is 10.6 Å². The fourth-order valence-corrected chi connectivity index (χ4v) is 5.54. The van der Waals surface area contributed by atoms with E-state index in [9.17, 15) is 14.4 Å². The number of hydrogen-bond donors (Lipinski definition) is 2. The Bertz CT molecular complexity index is 1020. The maximum absolute atomic E-state index is 12.9. The van der Waals surface area contributed by atoms with E-state index in [4.69, 9.17) is 4.74 Å². The first-order chi connectivity index (χ1) is 14.4. The lowest BCUT2D eigenvalue weighted by atomic mass is 9.79. The standard InChI is InChI=1S/C24H24N2O4/c1-12-7-13(2)9-17(8-12)26-22(27)14-3-5-16(6-4-14)25-23(28)20-15-10-18-19(11-15)30-24(29)21(18)20/h3-9,15,18-21H,10-11H2,1-2H3,(H,25,28)(H,26,27)/t15-,18+,19-,20+,21+/m0/s1. The predicted molar refractivity (Wildman–Crippen MR) is 112 cm³/mol. The van der Waals surface area contributed by atoms with Gasteiger partial charge >= 0.3 is 5.97 Å². The largest absolute Gasteiger partial charge is 0.462 e. The van der Waals surface area contributed by atoms with Crippen LogP contribution in [0.2, 0.25) is 0 Å². The van der Waals surface area contributed by atoms with Crippen LogP contribution in [0.15, 0.2) is 42.5 Å². The number of rotatable bonds is 4. The first kappa shape index (κ1) is 18.9. The number of amides is 2. The smallest absolute Gasteiger partial charge is 0.310 e. The molecule has 3 fully saturated rings. The number of carbonyl (C=O) groups is 3. The van der Waals surface area contributed by atoms with Crippen LogP contribution in [0.25, 0.3) is 0 Å². The Morgan fingerprint density at radius 2 is 1.63 bits per heavy atom. The van der Waals surface area contributed by atoms with Crippen molar-refractivity contribution in [3.8, 4) is 0 Å². The van der Waals surface area contributed by atoms with Crippen molar-refractivity contribution in [3.05, 3.63) is 59.2 Å². The van der Waals surface area contributed by atoms with E-state index in [0.29, 0.717) is 11.3 Å². The third-order valence-electron chi connectivity index (χ3n) is 6.68. The van der Waals surface area contributed by atoms with Gasteiger partial charge in [0.15, 0.2) is 0 Å². The van der Waals surface area contributed by atoms with Gasteiger partial charge in [0, 0.05) is 22.9 Å². The van der Waals surface area contributed by atoms with Gasteiger partial charge in [-0.2, -0.15) is 0 Å². The van der Waals surface area contributed by atoms with Crippen LogP contribution in [-0.2, 0) is 14.3 Å². The second kappa shape index (κ2) is 6.97. The van der Waals surface area contributed by atoms with Crippen molar-refractivity contribution in [2.45, 2.75) is 32.8 Å². The summed E-state index contributed by atoms with van der Waals surface area (Å²) in [4.78, 5) is 37.5. The number of aryl methyl sites for hydroxylation is 2. The molecule has 1 heterocycles. The number of esters is 1. The van der Waals surface area contributed by atoms with Crippen LogP contribution in [0.1, 0.15) is 34.3 Å². The number of ether oxygens (including phenoxy) is 1. The number of anilines is 2. The molecule has 2 amide bonds. The molecule has 0 aromatic heterocycles. The summed E-state index contributed by atoms with van der Waals surface area (Å²) < 4.78 is 5.41. The molecule has 2 aromatic carbocycles. The summed E-state index contributed by atoms with van der Waals surface area (Å²) in [5, 5.41) is 5.83. The highest BCUT2D eigenvalue weighted by Gasteiger charge is 2.63. The van der Waals surface area contributed by atoms with Crippen LogP contribution in [-0.4, -0.2) is 23.9 Å². The molecule has 2 N–H and O–H groups in total. The molecule has 1 saturated heterocycles. The molecule has 154 valence electrons. The van der Waals surface area contributed by atoms with Crippen molar-refractivity contribution in [1.82, 2.24) is 0 Å². The van der Waals surface area contributed by atoms with E-state index in [2.05, 4.69) is 16.7 Å². The zero-order valence-corrected chi connectivity index (χ0v) is 17.0. The van der Waals surface area contributed by atoms with Crippen molar-refractivity contribution in [1.29, 1.82) is 0 Å². The highest BCUT2D eigenvalue weighted by molar-refractivity contribution is 6.05. The summed E-state index contributed by atoms with van der Waals surface area (Å²) in [5.74, 6) is -0.731. The summed E-state index contributed by atoms with van der Waals surface area (Å²) in [5.41, 5.74) is 4.05. The second-order valence-corrected chi connectivity index (χ2v) is 8.82. The molecule has 2 aromatic rings. The maximum Gasteiger partial charge on any atom is 0.310 e. The number of fused-ring (bicyclic) bond motifs is 1. The monoisotopic (exact) mass is 404 g/mol. The predicted octanol–water partition coefficient (Wildman–Crippen LogP) is 3.69. The van der Waals surface area contributed by atoms with Crippen molar-refractivity contribution < 1.29 is 19.1 Å².